The van der Waals surface area contributed by atoms with E-state index < -0.39 is 0 Å². The maximum atomic E-state index is 13.0. The summed E-state index contributed by atoms with van der Waals surface area (Å²) < 4.78 is 23.8. The zero-order chi connectivity index (χ0) is 18.5. The van der Waals surface area contributed by atoms with Crippen LogP contribution in [0.5, 0.6) is 11.5 Å². The second-order valence-corrected chi connectivity index (χ2v) is 7.14. The average Bonchev–Trinajstić information content (AvgIpc) is 3.16. The molecule has 3 rings (SSSR count). The molecule has 2 aromatic carbocycles. The highest BCUT2D eigenvalue weighted by atomic mass is 32.2. The van der Waals surface area contributed by atoms with Crippen LogP contribution >= 0.6 is 11.8 Å². The number of methoxy groups -OCH3 is 2. The Morgan fingerprint density at radius 3 is 2.65 bits per heavy atom. The van der Waals surface area contributed by atoms with Crippen molar-refractivity contribution >= 4 is 17.7 Å². The van der Waals surface area contributed by atoms with Crippen molar-refractivity contribution in [3.63, 3.8) is 0 Å². The monoisotopic (exact) mass is 375 g/mol. The lowest BCUT2D eigenvalue weighted by molar-refractivity contribution is -0.129. The number of hydrogen-bond donors (Lipinski definition) is 0. The predicted octanol–water partition coefficient (Wildman–Crippen LogP) is 4.30. The average molecular weight is 375 g/mol. The van der Waals surface area contributed by atoms with E-state index in [4.69, 9.17) is 9.47 Å². The van der Waals surface area contributed by atoms with E-state index in [2.05, 4.69) is 0 Å². The Morgan fingerprint density at radius 2 is 1.96 bits per heavy atom. The first-order valence-corrected chi connectivity index (χ1v) is 9.50. The lowest BCUT2D eigenvalue weighted by atomic mass is 10.0. The van der Waals surface area contributed by atoms with Crippen molar-refractivity contribution in [2.75, 3.05) is 26.5 Å². The lowest BCUT2D eigenvalue weighted by Crippen LogP contribution is -2.32. The van der Waals surface area contributed by atoms with Gasteiger partial charge in [-0.15, -0.1) is 11.8 Å². The van der Waals surface area contributed by atoms with Gasteiger partial charge < -0.3 is 14.4 Å². The van der Waals surface area contributed by atoms with Gasteiger partial charge in [-0.05, 0) is 55.3 Å². The number of carbonyl (C=O) groups excluding carboxylic acids is 1. The quantitative estimate of drug-likeness (QED) is 0.706. The van der Waals surface area contributed by atoms with Crippen LogP contribution in [0.25, 0.3) is 0 Å². The molecule has 0 bridgehead atoms. The predicted molar refractivity (Wildman–Crippen MR) is 100 cm³/mol. The van der Waals surface area contributed by atoms with Crippen LogP contribution in [-0.2, 0) is 4.79 Å². The highest BCUT2D eigenvalue weighted by Gasteiger charge is 2.32. The normalized spacial score (nSPS) is 16.6. The summed E-state index contributed by atoms with van der Waals surface area (Å²) in [5.41, 5.74) is 0.976. The molecule has 1 aliphatic rings. The molecule has 4 nitrogen and oxygen atoms in total. The summed E-state index contributed by atoms with van der Waals surface area (Å²) in [6, 6.07) is 11.9. The lowest BCUT2D eigenvalue weighted by Gasteiger charge is -2.26. The first-order valence-electron chi connectivity index (χ1n) is 8.52. The molecule has 1 heterocycles. The van der Waals surface area contributed by atoms with Crippen LogP contribution in [0.3, 0.4) is 0 Å². The van der Waals surface area contributed by atoms with Crippen molar-refractivity contribution in [1.82, 2.24) is 4.90 Å². The van der Waals surface area contributed by atoms with Gasteiger partial charge in [-0.2, -0.15) is 0 Å². The van der Waals surface area contributed by atoms with Gasteiger partial charge in [0.05, 0.1) is 26.0 Å². The summed E-state index contributed by atoms with van der Waals surface area (Å²) in [6.45, 7) is 0.730. The van der Waals surface area contributed by atoms with Crippen LogP contribution < -0.4 is 9.47 Å². The molecule has 0 aliphatic carbocycles. The molecule has 0 aromatic heterocycles. The highest BCUT2D eigenvalue weighted by molar-refractivity contribution is 8.00. The minimum absolute atomic E-state index is 0.0126. The largest absolute Gasteiger partial charge is 0.497 e. The summed E-state index contributed by atoms with van der Waals surface area (Å²) in [7, 11) is 3.26. The molecule has 0 unspecified atom stereocenters. The van der Waals surface area contributed by atoms with Crippen molar-refractivity contribution in [3.8, 4) is 11.5 Å². The Kier molecular flexibility index (Phi) is 6.04. The van der Waals surface area contributed by atoms with Gasteiger partial charge in [0.1, 0.15) is 17.3 Å². The second kappa shape index (κ2) is 8.45. The number of likely N-dealkylation sites (tertiary alicyclic amines) is 1. The van der Waals surface area contributed by atoms with Gasteiger partial charge in [-0.3, -0.25) is 4.79 Å². The summed E-state index contributed by atoms with van der Waals surface area (Å²) >= 11 is 1.43. The topological polar surface area (TPSA) is 38.8 Å². The van der Waals surface area contributed by atoms with Crippen LogP contribution in [0.2, 0.25) is 0 Å². The van der Waals surface area contributed by atoms with Gasteiger partial charge >= 0.3 is 0 Å². The standard InChI is InChI=1S/C20H22FNO3S/c1-24-15-7-10-19(25-2)17(12-15)18-4-3-11-22(18)20(23)13-26-16-8-5-14(21)6-9-16/h5-10,12,18H,3-4,11,13H2,1-2H3/t18-/m0/s1. The van der Waals surface area contributed by atoms with Crippen molar-refractivity contribution in [3.05, 3.63) is 53.8 Å². The molecule has 1 saturated heterocycles. The van der Waals surface area contributed by atoms with Crippen LogP contribution in [0, 0.1) is 5.82 Å². The van der Waals surface area contributed by atoms with E-state index in [9.17, 15) is 9.18 Å². The molecule has 0 spiro atoms. The molecular weight excluding hydrogens is 353 g/mol. The SMILES string of the molecule is COc1ccc(OC)c([C@@H]2CCCN2C(=O)CSc2ccc(F)cc2)c1. The Bertz CT molecular complexity index is 766. The number of rotatable bonds is 6. The van der Waals surface area contributed by atoms with Gasteiger partial charge in [-0.1, -0.05) is 0 Å². The molecule has 6 heteroatoms. The molecule has 26 heavy (non-hydrogen) atoms. The maximum absolute atomic E-state index is 13.0. The van der Waals surface area contributed by atoms with Crippen LogP contribution in [0.15, 0.2) is 47.4 Å². The molecule has 0 N–H and O–H groups in total. The number of ether oxygens (including phenoxy) is 2. The Labute approximate surface area is 157 Å². The number of benzene rings is 2. The molecule has 1 aliphatic heterocycles. The molecule has 1 fully saturated rings. The smallest absolute Gasteiger partial charge is 0.233 e. The maximum Gasteiger partial charge on any atom is 0.233 e. The Morgan fingerprint density at radius 1 is 1.19 bits per heavy atom. The third-order valence-electron chi connectivity index (χ3n) is 4.54. The minimum atomic E-state index is -0.273. The third-order valence-corrected chi connectivity index (χ3v) is 5.54. The number of amides is 1. The van der Waals surface area contributed by atoms with E-state index >= 15 is 0 Å². The summed E-state index contributed by atoms with van der Waals surface area (Å²) in [5.74, 6) is 1.65. The molecule has 1 atom stereocenters. The van der Waals surface area contributed by atoms with Crippen molar-refractivity contribution < 1.29 is 18.7 Å². The van der Waals surface area contributed by atoms with Crippen molar-refractivity contribution in [1.29, 1.82) is 0 Å². The fourth-order valence-electron chi connectivity index (χ4n) is 3.25. The molecule has 0 saturated carbocycles. The van der Waals surface area contributed by atoms with Crippen LogP contribution in [0.4, 0.5) is 4.39 Å². The van der Waals surface area contributed by atoms with Crippen molar-refractivity contribution in [2.45, 2.75) is 23.8 Å². The van der Waals surface area contributed by atoms with Gasteiger partial charge in [-0.25, -0.2) is 4.39 Å². The number of halogens is 1. The van der Waals surface area contributed by atoms with E-state index in [1.807, 2.05) is 23.1 Å². The molecule has 1 amide bonds. The van der Waals surface area contributed by atoms with Crippen molar-refractivity contribution in [2.24, 2.45) is 0 Å². The number of thioether (sulfide) groups is 1. The zero-order valence-corrected chi connectivity index (χ0v) is 15.7. The number of carbonyl (C=O) groups is 1. The van der Waals surface area contributed by atoms with E-state index in [-0.39, 0.29) is 17.8 Å². The van der Waals surface area contributed by atoms with E-state index in [0.29, 0.717) is 5.75 Å². The fourth-order valence-corrected chi connectivity index (χ4v) is 4.03. The highest BCUT2D eigenvalue weighted by Crippen LogP contribution is 2.39. The fraction of sp³-hybridized carbons (Fsp3) is 0.350. The molecular formula is C20H22FNO3S. The van der Waals surface area contributed by atoms with Gasteiger partial charge in [0, 0.05) is 17.0 Å². The second-order valence-electron chi connectivity index (χ2n) is 6.10. The van der Waals surface area contributed by atoms with Gasteiger partial charge in [0.25, 0.3) is 0 Å². The van der Waals surface area contributed by atoms with Crippen LogP contribution in [-0.4, -0.2) is 37.3 Å². The van der Waals surface area contributed by atoms with Gasteiger partial charge in [0.15, 0.2) is 0 Å². The third kappa shape index (κ3) is 4.12. The molecule has 0 radical (unpaired) electrons. The first kappa shape index (κ1) is 18.6. The summed E-state index contributed by atoms with van der Waals surface area (Å²) in [5, 5.41) is 0. The molecule has 2 aromatic rings. The number of nitrogens with zero attached hydrogens (tertiary/aromatic N) is 1. The minimum Gasteiger partial charge on any atom is -0.497 e. The van der Waals surface area contributed by atoms with Crippen LogP contribution in [0.1, 0.15) is 24.4 Å². The molecule has 138 valence electrons. The number of hydrogen-bond acceptors (Lipinski definition) is 4. The zero-order valence-electron chi connectivity index (χ0n) is 14.9. The van der Waals surface area contributed by atoms with E-state index in [1.165, 1.54) is 23.9 Å². The summed E-state index contributed by atoms with van der Waals surface area (Å²) in [4.78, 5) is 15.6. The van der Waals surface area contributed by atoms with E-state index in [0.717, 1.165) is 41.3 Å². The van der Waals surface area contributed by atoms with E-state index in [1.54, 1.807) is 26.4 Å². The Balaban J connectivity index is 1.73. The van der Waals surface area contributed by atoms with Gasteiger partial charge in [0.2, 0.25) is 5.91 Å². The Hall–Kier alpha value is -2.21. The summed E-state index contributed by atoms with van der Waals surface area (Å²) in [6.07, 6.45) is 1.86. The first-order chi connectivity index (χ1) is 12.6.